The molecule has 8 heteroatoms. The number of nitrogens with two attached hydrogens (primary N) is 1. The quantitative estimate of drug-likeness (QED) is 0.320. The summed E-state index contributed by atoms with van der Waals surface area (Å²) in [7, 11) is 0. The number of halogens is 1. The zero-order valence-corrected chi connectivity index (χ0v) is 20.0. The standard InChI is InChI=1S/C23H21BrN4OS2/c24-15-9-7-13(8-10-15)18-12-30-23(27-18)28-21(29)20-19(25)16-11-14-5-3-1-2-4-6-17(14)26-22(16)31-20/h7-12H,1-6,25H2,(H,27,28,29). The molecule has 158 valence electrons. The van der Waals surface area contributed by atoms with E-state index in [0.717, 1.165) is 38.8 Å². The first-order chi connectivity index (χ1) is 15.1. The van der Waals surface area contributed by atoms with Crippen molar-refractivity contribution in [3.05, 3.63) is 56.3 Å². The fourth-order valence-electron chi connectivity index (χ4n) is 3.92. The third kappa shape index (κ3) is 4.24. The van der Waals surface area contributed by atoms with Crippen LogP contribution in [0.5, 0.6) is 0 Å². The van der Waals surface area contributed by atoms with E-state index in [9.17, 15) is 4.79 Å². The zero-order valence-electron chi connectivity index (χ0n) is 16.8. The van der Waals surface area contributed by atoms with Gasteiger partial charge in [0.15, 0.2) is 5.13 Å². The predicted molar refractivity (Wildman–Crippen MR) is 133 cm³/mol. The summed E-state index contributed by atoms with van der Waals surface area (Å²) in [6.07, 6.45) is 6.91. The summed E-state index contributed by atoms with van der Waals surface area (Å²) in [6.45, 7) is 0. The largest absolute Gasteiger partial charge is 0.397 e. The monoisotopic (exact) mass is 512 g/mol. The van der Waals surface area contributed by atoms with Crippen LogP contribution in [0, 0.1) is 0 Å². The number of hydrogen-bond acceptors (Lipinski definition) is 6. The minimum absolute atomic E-state index is 0.232. The Balaban J connectivity index is 1.41. The van der Waals surface area contributed by atoms with Crippen molar-refractivity contribution in [2.45, 2.75) is 38.5 Å². The molecule has 0 radical (unpaired) electrons. The van der Waals surface area contributed by atoms with Gasteiger partial charge in [-0.05, 0) is 49.4 Å². The fourth-order valence-corrected chi connectivity index (χ4v) is 5.89. The number of rotatable bonds is 3. The van der Waals surface area contributed by atoms with Gasteiger partial charge in [-0.15, -0.1) is 22.7 Å². The van der Waals surface area contributed by atoms with E-state index in [1.165, 1.54) is 59.6 Å². The number of pyridine rings is 1. The summed E-state index contributed by atoms with van der Waals surface area (Å²) in [5.74, 6) is -0.232. The Morgan fingerprint density at radius 2 is 1.84 bits per heavy atom. The number of aromatic nitrogens is 2. The Bertz CT molecular complexity index is 1260. The van der Waals surface area contributed by atoms with Crippen LogP contribution >= 0.6 is 38.6 Å². The first-order valence-corrected chi connectivity index (χ1v) is 12.8. The van der Waals surface area contributed by atoms with E-state index in [0.29, 0.717) is 15.7 Å². The molecule has 5 nitrogen and oxygen atoms in total. The maximum Gasteiger partial charge on any atom is 0.269 e. The van der Waals surface area contributed by atoms with Crippen molar-refractivity contribution in [3.8, 4) is 11.3 Å². The van der Waals surface area contributed by atoms with E-state index in [4.69, 9.17) is 10.7 Å². The molecule has 1 aliphatic carbocycles. The summed E-state index contributed by atoms with van der Waals surface area (Å²) in [4.78, 5) is 23.8. The van der Waals surface area contributed by atoms with E-state index in [1.54, 1.807) is 0 Å². The van der Waals surface area contributed by atoms with Gasteiger partial charge in [0.25, 0.3) is 5.91 Å². The van der Waals surface area contributed by atoms with E-state index < -0.39 is 0 Å². The van der Waals surface area contributed by atoms with Gasteiger partial charge < -0.3 is 5.73 Å². The Morgan fingerprint density at radius 1 is 1.06 bits per heavy atom. The maximum absolute atomic E-state index is 13.0. The van der Waals surface area contributed by atoms with Crippen molar-refractivity contribution >= 4 is 65.5 Å². The molecule has 0 aliphatic heterocycles. The molecule has 1 aromatic carbocycles. The van der Waals surface area contributed by atoms with Crippen LogP contribution in [0.15, 0.2) is 40.2 Å². The molecule has 3 N–H and O–H groups in total. The molecule has 0 bridgehead atoms. The molecule has 1 amide bonds. The van der Waals surface area contributed by atoms with Crippen LogP contribution in [0.2, 0.25) is 0 Å². The number of carbonyl (C=O) groups excluding carboxylic acids is 1. The molecule has 3 aromatic heterocycles. The van der Waals surface area contributed by atoms with Gasteiger partial charge in [0, 0.05) is 26.5 Å². The van der Waals surface area contributed by atoms with Crippen LogP contribution in [0.25, 0.3) is 21.5 Å². The smallest absolute Gasteiger partial charge is 0.269 e. The van der Waals surface area contributed by atoms with Crippen molar-refractivity contribution in [1.82, 2.24) is 9.97 Å². The van der Waals surface area contributed by atoms with Gasteiger partial charge >= 0.3 is 0 Å². The Kier molecular flexibility index (Phi) is 5.77. The predicted octanol–water partition coefficient (Wildman–Crippen LogP) is 6.68. The summed E-state index contributed by atoms with van der Waals surface area (Å²) in [5.41, 5.74) is 11.2. The van der Waals surface area contributed by atoms with Gasteiger partial charge in [0.2, 0.25) is 0 Å². The van der Waals surface area contributed by atoms with E-state index in [1.807, 2.05) is 29.6 Å². The van der Waals surface area contributed by atoms with Crippen molar-refractivity contribution < 1.29 is 4.79 Å². The first-order valence-electron chi connectivity index (χ1n) is 10.3. The van der Waals surface area contributed by atoms with E-state index in [-0.39, 0.29) is 5.91 Å². The van der Waals surface area contributed by atoms with Crippen LogP contribution in [0.1, 0.15) is 46.6 Å². The number of fused-ring (bicyclic) bond motifs is 2. The highest BCUT2D eigenvalue weighted by Gasteiger charge is 2.21. The lowest BCUT2D eigenvalue weighted by Crippen LogP contribution is -2.11. The highest BCUT2D eigenvalue weighted by Crippen LogP contribution is 2.36. The van der Waals surface area contributed by atoms with E-state index in [2.05, 4.69) is 32.3 Å². The number of amides is 1. The molecule has 31 heavy (non-hydrogen) atoms. The van der Waals surface area contributed by atoms with Crippen molar-refractivity contribution in [2.75, 3.05) is 11.1 Å². The third-order valence-electron chi connectivity index (χ3n) is 5.57. The molecule has 0 saturated carbocycles. The minimum Gasteiger partial charge on any atom is -0.397 e. The number of carbonyl (C=O) groups is 1. The first kappa shape index (κ1) is 20.6. The molecular weight excluding hydrogens is 492 g/mol. The average molecular weight is 513 g/mol. The molecular formula is C23H21BrN4OS2. The summed E-state index contributed by atoms with van der Waals surface area (Å²) in [6, 6.07) is 10.1. The van der Waals surface area contributed by atoms with Crippen LogP contribution < -0.4 is 11.1 Å². The Morgan fingerprint density at radius 3 is 2.65 bits per heavy atom. The Hall–Kier alpha value is -2.29. The number of benzene rings is 1. The maximum atomic E-state index is 13.0. The highest BCUT2D eigenvalue weighted by molar-refractivity contribution is 9.10. The lowest BCUT2D eigenvalue weighted by molar-refractivity contribution is 0.103. The molecule has 3 heterocycles. The second-order valence-electron chi connectivity index (χ2n) is 7.70. The van der Waals surface area contributed by atoms with Crippen molar-refractivity contribution in [3.63, 3.8) is 0 Å². The molecule has 4 aromatic rings. The summed E-state index contributed by atoms with van der Waals surface area (Å²) in [5, 5.41) is 6.30. The normalized spacial score (nSPS) is 14.1. The van der Waals surface area contributed by atoms with Crippen LogP contribution in [-0.2, 0) is 12.8 Å². The van der Waals surface area contributed by atoms with Crippen LogP contribution in [0.3, 0.4) is 0 Å². The number of thiazole rings is 1. The number of nitrogens with one attached hydrogen (secondary N) is 1. The topological polar surface area (TPSA) is 80.9 Å². The average Bonchev–Trinajstić information content (AvgIpc) is 3.33. The van der Waals surface area contributed by atoms with Gasteiger partial charge in [-0.25, -0.2) is 9.97 Å². The number of nitrogens with zero attached hydrogens (tertiary/aromatic N) is 2. The Labute approximate surface area is 196 Å². The summed E-state index contributed by atoms with van der Waals surface area (Å²) < 4.78 is 1.02. The van der Waals surface area contributed by atoms with Gasteiger partial charge in [-0.1, -0.05) is 40.9 Å². The fraction of sp³-hybridized carbons (Fsp3) is 0.261. The second kappa shape index (κ2) is 8.68. The molecule has 0 fully saturated rings. The molecule has 0 saturated heterocycles. The van der Waals surface area contributed by atoms with Gasteiger partial charge in [-0.3, -0.25) is 10.1 Å². The number of thiophene rings is 1. The van der Waals surface area contributed by atoms with Crippen LogP contribution in [-0.4, -0.2) is 15.9 Å². The van der Waals surface area contributed by atoms with Crippen LogP contribution in [0.4, 0.5) is 10.8 Å². The highest BCUT2D eigenvalue weighted by atomic mass is 79.9. The minimum atomic E-state index is -0.232. The number of nitrogen functional groups attached to an aromatic ring is 1. The third-order valence-corrected chi connectivity index (χ3v) is 7.97. The number of anilines is 2. The van der Waals surface area contributed by atoms with Gasteiger partial charge in [0.05, 0.1) is 11.4 Å². The van der Waals surface area contributed by atoms with Crippen molar-refractivity contribution in [1.29, 1.82) is 0 Å². The number of hydrogen-bond donors (Lipinski definition) is 2. The molecule has 0 atom stereocenters. The SMILES string of the molecule is Nc1c(C(=O)Nc2nc(-c3ccc(Br)cc3)cs2)sc2nc3c(cc12)CCCCCC3. The molecule has 1 aliphatic rings. The second-order valence-corrected chi connectivity index (χ2v) is 10.5. The van der Waals surface area contributed by atoms with Crippen molar-refractivity contribution in [2.24, 2.45) is 0 Å². The molecule has 0 spiro atoms. The molecule has 0 unspecified atom stereocenters. The lowest BCUT2D eigenvalue weighted by Gasteiger charge is -2.12. The lowest BCUT2D eigenvalue weighted by atomic mass is 9.96. The van der Waals surface area contributed by atoms with Gasteiger partial charge in [0.1, 0.15) is 9.71 Å². The summed E-state index contributed by atoms with van der Waals surface area (Å²) >= 11 is 6.21. The molecule has 5 rings (SSSR count). The zero-order chi connectivity index (χ0) is 21.4. The number of aryl methyl sites for hydroxylation is 2. The van der Waals surface area contributed by atoms with E-state index >= 15 is 0 Å². The van der Waals surface area contributed by atoms with Gasteiger partial charge in [-0.2, -0.15) is 0 Å².